The molecule has 0 N–H and O–H groups in total. The van der Waals surface area contributed by atoms with Crippen molar-refractivity contribution in [2.75, 3.05) is 0 Å². The van der Waals surface area contributed by atoms with Gasteiger partial charge in [-0.05, 0) is 30.5 Å². The SMILES string of the molecule is CC1(F)OC2=C(CC(C)(C3(C(=O)Cl)CC3)C=C2)O1. The largest absolute Gasteiger partial charge is 0.427 e. The van der Waals surface area contributed by atoms with Crippen LogP contribution in [0.15, 0.2) is 23.7 Å². The van der Waals surface area contributed by atoms with Crippen molar-refractivity contribution in [3.05, 3.63) is 23.7 Å². The third-order valence-corrected chi connectivity index (χ3v) is 4.58. The van der Waals surface area contributed by atoms with Crippen LogP contribution in [-0.2, 0) is 14.3 Å². The highest BCUT2D eigenvalue weighted by Gasteiger charge is 2.62. The second-order valence-corrected chi connectivity index (χ2v) is 5.95. The smallest absolute Gasteiger partial charge is 0.404 e. The van der Waals surface area contributed by atoms with Crippen molar-refractivity contribution in [1.82, 2.24) is 0 Å². The Labute approximate surface area is 110 Å². The Morgan fingerprint density at radius 3 is 2.61 bits per heavy atom. The quantitative estimate of drug-likeness (QED) is 0.723. The maximum Gasteiger partial charge on any atom is 0.404 e. The number of ether oxygens (including phenoxy) is 2. The summed E-state index contributed by atoms with van der Waals surface area (Å²) in [6.07, 6.45) is 5.56. The van der Waals surface area contributed by atoms with Crippen LogP contribution in [0.25, 0.3) is 0 Å². The summed E-state index contributed by atoms with van der Waals surface area (Å²) in [6, 6.07) is -2.11. The zero-order valence-electron chi connectivity index (χ0n) is 10.3. The van der Waals surface area contributed by atoms with E-state index >= 15 is 0 Å². The van der Waals surface area contributed by atoms with Gasteiger partial charge in [0.1, 0.15) is 5.76 Å². The standard InChI is InChI=1S/C13H14ClFO3/c1-11(13(5-6-13)10(14)16)4-3-8-9(7-11)18-12(2,15)17-8/h3-4H,5-7H2,1-2H3. The lowest BCUT2D eigenvalue weighted by molar-refractivity contribution is -0.234. The van der Waals surface area contributed by atoms with Gasteiger partial charge in [0, 0.05) is 18.8 Å². The maximum absolute atomic E-state index is 13.6. The Morgan fingerprint density at radius 2 is 2.06 bits per heavy atom. The van der Waals surface area contributed by atoms with Crippen LogP contribution in [0, 0.1) is 10.8 Å². The van der Waals surface area contributed by atoms with E-state index in [-0.39, 0.29) is 5.24 Å². The molecule has 2 aliphatic carbocycles. The predicted octanol–water partition coefficient (Wildman–Crippen LogP) is 3.40. The number of carbonyl (C=O) groups excluding carboxylic acids is 1. The molecule has 0 spiro atoms. The molecule has 18 heavy (non-hydrogen) atoms. The summed E-state index contributed by atoms with van der Waals surface area (Å²) in [5, 5.41) is -0.319. The Kier molecular flexibility index (Phi) is 2.20. The number of carbonyl (C=O) groups is 1. The van der Waals surface area contributed by atoms with Gasteiger partial charge in [-0.1, -0.05) is 13.0 Å². The first kappa shape index (κ1) is 12.0. The average Bonchev–Trinajstić information content (AvgIpc) is 2.98. The first-order valence-corrected chi connectivity index (χ1v) is 6.35. The van der Waals surface area contributed by atoms with Gasteiger partial charge in [-0.25, -0.2) is 0 Å². The number of alkyl halides is 1. The van der Waals surface area contributed by atoms with E-state index in [0.717, 1.165) is 12.8 Å². The second-order valence-electron chi connectivity index (χ2n) is 5.61. The Morgan fingerprint density at radius 1 is 1.39 bits per heavy atom. The molecule has 0 aromatic heterocycles. The van der Waals surface area contributed by atoms with Crippen LogP contribution < -0.4 is 0 Å². The van der Waals surface area contributed by atoms with E-state index in [1.165, 1.54) is 6.92 Å². The normalized spacial score (nSPS) is 40.0. The minimum absolute atomic E-state index is 0.319. The molecule has 5 heteroatoms. The minimum Gasteiger partial charge on any atom is -0.427 e. The second kappa shape index (κ2) is 3.29. The molecular weight excluding hydrogens is 259 g/mol. The number of hydrogen-bond acceptors (Lipinski definition) is 3. The predicted molar refractivity (Wildman–Crippen MR) is 63.1 cm³/mol. The van der Waals surface area contributed by atoms with Gasteiger partial charge in [-0.15, -0.1) is 0 Å². The molecule has 3 aliphatic rings. The zero-order chi connectivity index (χ0) is 13.2. The van der Waals surface area contributed by atoms with Crippen LogP contribution >= 0.6 is 11.6 Å². The Balaban J connectivity index is 1.89. The fraction of sp³-hybridized carbons (Fsp3) is 0.615. The molecule has 3 nitrogen and oxygen atoms in total. The van der Waals surface area contributed by atoms with E-state index in [9.17, 15) is 9.18 Å². The summed E-state index contributed by atoms with van der Waals surface area (Å²) in [7, 11) is 0. The Hall–Kier alpha value is -1.03. The lowest BCUT2D eigenvalue weighted by Crippen LogP contribution is -2.33. The van der Waals surface area contributed by atoms with Crippen LogP contribution in [0.5, 0.6) is 0 Å². The first-order chi connectivity index (χ1) is 8.28. The highest BCUT2D eigenvalue weighted by molar-refractivity contribution is 6.65. The fourth-order valence-electron chi connectivity index (χ4n) is 2.89. The van der Waals surface area contributed by atoms with Crippen molar-refractivity contribution in [1.29, 1.82) is 0 Å². The molecule has 0 bridgehead atoms. The van der Waals surface area contributed by atoms with Crippen LogP contribution in [0.1, 0.15) is 33.1 Å². The van der Waals surface area contributed by atoms with Crippen LogP contribution in [0.2, 0.25) is 0 Å². The third-order valence-electron chi connectivity index (χ3n) is 4.22. The molecule has 0 amide bonds. The molecule has 0 aromatic rings. The average molecular weight is 273 g/mol. The molecule has 1 fully saturated rings. The van der Waals surface area contributed by atoms with Crippen molar-refractivity contribution in [2.45, 2.75) is 39.2 Å². The molecule has 1 saturated carbocycles. The molecule has 0 radical (unpaired) electrons. The minimum atomic E-state index is -2.11. The zero-order valence-corrected chi connectivity index (χ0v) is 11.0. The van der Waals surface area contributed by atoms with Crippen molar-refractivity contribution in [3.63, 3.8) is 0 Å². The van der Waals surface area contributed by atoms with Gasteiger partial charge < -0.3 is 9.47 Å². The summed E-state index contributed by atoms with van der Waals surface area (Å²) in [5.41, 5.74) is -0.948. The molecule has 3 rings (SSSR count). The van der Waals surface area contributed by atoms with Gasteiger partial charge >= 0.3 is 6.04 Å². The van der Waals surface area contributed by atoms with Gasteiger partial charge in [-0.3, -0.25) is 4.79 Å². The van der Waals surface area contributed by atoms with E-state index in [1.54, 1.807) is 6.08 Å². The van der Waals surface area contributed by atoms with Crippen molar-refractivity contribution < 1.29 is 18.7 Å². The van der Waals surface area contributed by atoms with E-state index in [2.05, 4.69) is 0 Å². The van der Waals surface area contributed by atoms with Crippen LogP contribution in [-0.4, -0.2) is 11.3 Å². The molecule has 2 atom stereocenters. The number of allylic oxidation sites excluding steroid dienone is 3. The Bertz CT molecular complexity index is 490. The summed E-state index contributed by atoms with van der Waals surface area (Å²) >= 11 is 5.72. The van der Waals surface area contributed by atoms with Gasteiger partial charge in [0.15, 0.2) is 5.76 Å². The third kappa shape index (κ3) is 1.51. The summed E-state index contributed by atoms with van der Waals surface area (Å²) in [5.74, 6) is 0.879. The molecule has 2 unspecified atom stereocenters. The highest BCUT2D eigenvalue weighted by atomic mass is 35.5. The lowest BCUT2D eigenvalue weighted by Gasteiger charge is -2.34. The highest BCUT2D eigenvalue weighted by Crippen LogP contribution is 2.64. The summed E-state index contributed by atoms with van der Waals surface area (Å²) in [6.45, 7) is 3.17. The topological polar surface area (TPSA) is 35.5 Å². The fourth-order valence-corrected chi connectivity index (χ4v) is 3.30. The van der Waals surface area contributed by atoms with Gasteiger partial charge in [0.05, 0.1) is 5.41 Å². The van der Waals surface area contributed by atoms with Crippen LogP contribution in [0.3, 0.4) is 0 Å². The van der Waals surface area contributed by atoms with Gasteiger partial charge in [0.2, 0.25) is 5.24 Å². The van der Waals surface area contributed by atoms with Gasteiger partial charge in [0.25, 0.3) is 0 Å². The van der Waals surface area contributed by atoms with Crippen molar-refractivity contribution in [3.8, 4) is 0 Å². The van der Waals surface area contributed by atoms with Crippen LogP contribution in [0.4, 0.5) is 4.39 Å². The first-order valence-electron chi connectivity index (χ1n) is 5.97. The van der Waals surface area contributed by atoms with E-state index in [4.69, 9.17) is 21.1 Å². The van der Waals surface area contributed by atoms with Gasteiger partial charge in [-0.2, -0.15) is 4.39 Å². The molecule has 0 saturated heterocycles. The summed E-state index contributed by atoms with van der Waals surface area (Å²) < 4.78 is 23.8. The number of halogens is 2. The van der Waals surface area contributed by atoms with E-state index in [1.807, 2.05) is 13.0 Å². The molecular formula is C13H14ClFO3. The molecule has 1 heterocycles. The maximum atomic E-state index is 13.6. The number of hydrogen-bond donors (Lipinski definition) is 0. The molecule has 98 valence electrons. The molecule has 0 aromatic carbocycles. The van der Waals surface area contributed by atoms with E-state index in [0.29, 0.717) is 17.9 Å². The van der Waals surface area contributed by atoms with E-state index < -0.39 is 16.9 Å². The van der Waals surface area contributed by atoms with Crippen molar-refractivity contribution in [2.24, 2.45) is 10.8 Å². The monoisotopic (exact) mass is 272 g/mol. The summed E-state index contributed by atoms with van der Waals surface area (Å²) in [4.78, 5) is 11.6. The molecule has 1 aliphatic heterocycles. The lowest BCUT2D eigenvalue weighted by atomic mass is 9.70. The number of rotatable bonds is 2. The van der Waals surface area contributed by atoms with Crippen molar-refractivity contribution >= 4 is 16.8 Å².